The molecule has 3 N–H and O–H groups in total. The van der Waals surface area contributed by atoms with Gasteiger partial charge in [-0.25, -0.2) is 14.4 Å². The SMILES string of the molecule is O=C(Cc1ccc(C(F)(F)F)c(F)c1)Nc1cncc(C(=O)c2cn(C(CO)CO)c3ncncc23)c1. The fraction of sp³-hybridized carbons (Fsp3) is 0.208. The number of halogens is 4. The summed E-state index contributed by atoms with van der Waals surface area (Å²) < 4.78 is 53.5. The Morgan fingerprint density at radius 1 is 1.05 bits per heavy atom. The Labute approximate surface area is 206 Å². The van der Waals surface area contributed by atoms with Crippen molar-refractivity contribution in [1.82, 2.24) is 19.5 Å². The van der Waals surface area contributed by atoms with Crippen molar-refractivity contribution in [3.63, 3.8) is 0 Å². The van der Waals surface area contributed by atoms with Crippen LogP contribution in [-0.2, 0) is 17.4 Å². The summed E-state index contributed by atoms with van der Waals surface area (Å²) in [5.41, 5.74) is -0.681. The number of amides is 1. The second-order valence-electron chi connectivity index (χ2n) is 8.06. The van der Waals surface area contributed by atoms with Crippen molar-refractivity contribution < 1.29 is 37.4 Å². The Hall–Kier alpha value is -4.23. The average Bonchev–Trinajstić information content (AvgIpc) is 3.23. The number of hydrogen-bond acceptors (Lipinski definition) is 7. The first-order valence-electron chi connectivity index (χ1n) is 10.8. The summed E-state index contributed by atoms with van der Waals surface area (Å²) >= 11 is 0. The van der Waals surface area contributed by atoms with Gasteiger partial charge in [-0.2, -0.15) is 13.2 Å². The predicted octanol–water partition coefficient (Wildman–Crippen LogP) is 2.92. The second kappa shape index (κ2) is 10.4. The highest BCUT2D eigenvalue weighted by molar-refractivity contribution is 6.16. The molecule has 0 aliphatic carbocycles. The van der Waals surface area contributed by atoms with Gasteiger partial charge < -0.3 is 20.1 Å². The Morgan fingerprint density at radius 2 is 1.81 bits per heavy atom. The highest BCUT2D eigenvalue weighted by Gasteiger charge is 2.34. The number of pyridine rings is 1. The third-order valence-electron chi connectivity index (χ3n) is 5.54. The number of anilines is 1. The Balaban J connectivity index is 1.55. The molecule has 13 heteroatoms. The van der Waals surface area contributed by atoms with E-state index in [2.05, 4.69) is 20.3 Å². The van der Waals surface area contributed by atoms with Crippen LogP contribution in [0.5, 0.6) is 0 Å². The van der Waals surface area contributed by atoms with E-state index in [1.54, 1.807) is 0 Å². The van der Waals surface area contributed by atoms with Crippen LogP contribution >= 0.6 is 0 Å². The molecule has 4 aromatic rings. The number of aliphatic hydroxyl groups excluding tert-OH is 2. The number of benzene rings is 1. The number of hydrogen-bond donors (Lipinski definition) is 3. The molecule has 0 saturated heterocycles. The van der Waals surface area contributed by atoms with E-state index < -0.39 is 54.9 Å². The second-order valence-corrected chi connectivity index (χ2v) is 8.06. The molecule has 3 aromatic heterocycles. The van der Waals surface area contributed by atoms with Gasteiger partial charge in [0, 0.05) is 29.5 Å². The third-order valence-corrected chi connectivity index (χ3v) is 5.54. The maximum Gasteiger partial charge on any atom is 0.419 e. The molecule has 1 aromatic carbocycles. The molecule has 0 unspecified atom stereocenters. The molecule has 1 amide bonds. The van der Waals surface area contributed by atoms with E-state index in [1.807, 2.05) is 0 Å². The maximum absolute atomic E-state index is 13.8. The van der Waals surface area contributed by atoms with E-state index in [4.69, 9.17) is 0 Å². The van der Waals surface area contributed by atoms with Crippen LogP contribution in [0.2, 0.25) is 0 Å². The first-order chi connectivity index (χ1) is 17.6. The minimum atomic E-state index is -4.85. The van der Waals surface area contributed by atoms with Gasteiger partial charge in [0.15, 0.2) is 5.78 Å². The predicted molar refractivity (Wildman–Crippen MR) is 122 cm³/mol. The first kappa shape index (κ1) is 25.9. The zero-order valence-electron chi connectivity index (χ0n) is 18.9. The standard InChI is InChI=1S/C24H19F4N5O4/c25-20-3-13(1-2-19(20)24(26,27)28)4-21(36)32-15-5-14(6-29-7-15)22(37)18-9-33(16(10-34)11-35)23-17(18)8-30-12-31-23/h1-3,5-9,12,16,34-35H,4,10-11H2,(H,32,36). The van der Waals surface area contributed by atoms with Gasteiger partial charge in [0.05, 0.1) is 48.7 Å². The van der Waals surface area contributed by atoms with Gasteiger partial charge in [-0.3, -0.25) is 14.6 Å². The van der Waals surface area contributed by atoms with Crippen molar-refractivity contribution in [2.45, 2.75) is 18.6 Å². The lowest BCUT2D eigenvalue weighted by molar-refractivity contribution is -0.140. The normalized spacial score (nSPS) is 11.8. The van der Waals surface area contributed by atoms with Crippen LogP contribution in [0.1, 0.15) is 33.1 Å². The van der Waals surface area contributed by atoms with E-state index in [1.165, 1.54) is 41.7 Å². The number of alkyl halides is 3. The molecule has 0 radical (unpaired) electrons. The number of fused-ring (bicyclic) bond motifs is 1. The molecular formula is C24H19F4N5O4. The van der Waals surface area contributed by atoms with Crippen LogP contribution in [0.15, 0.2) is 55.4 Å². The Morgan fingerprint density at radius 3 is 2.49 bits per heavy atom. The van der Waals surface area contributed by atoms with Crippen LogP contribution in [0, 0.1) is 5.82 Å². The van der Waals surface area contributed by atoms with E-state index in [9.17, 15) is 37.4 Å². The van der Waals surface area contributed by atoms with E-state index in [-0.39, 0.29) is 22.4 Å². The minimum absolute atomic E-state index is 0.0262. The van der Waals surface area contributed by atoms with E-state index in [0.717, 1.165) is 6.07 Å². The van der Waals surface area contributed by atoms with Gasteiger partial charge >= 0.3 is 6.18 Å². The highest BCUT2D eigenvalue weighted by atomic mass is 19.4. The van der Waals surface area contributed by atoms with Gasteiger partial charge in [0.25, 0.3) is 0 Å². The average molecular weight is 517 g/mol. The lowest BCUT2D eigenvalue weighted by Gasteiger charge is -2.13. The number of ketones is 1. The minimum Gasteiger partial charge on any atom is -0.394 e. The van der Waals surface area contributed by atoms with Crippen molar-refractivity contribution in [2.24, 2.45) is 0 Å². The highest BCUT2D eigenvalue weighted by Crippen LogP contribution is 2.31. The lowest BCUT2D eigenvalue weighted by Crippen LogP contribution is -2.17. The Bertz CT molecular complexity index is 1470. The summed E-state index contributed by atoms with van der Waals surface area (Å²) in [6.07, 6.45) is 1.39. The molecular weight excluding hydrogens is 498 g/mol. The summed E-state index contributed by atoms with van der Waals surface area (Å²) in [6.45, 7) is -0.798. The van der Waals surface area contributed by atoms with Crippen LogP contribution in [0.4, 0.5) is 23.2 Å². The monoisotopic (exact) mass is 517 g/mol. The van der Waals surface area contributed by atoms with Crippen molar-refractivity contribution >= 4 is 28.4 Å². The smallest absolute Gasteiger partial charge is 0.394 e. The summed E-state index contributed by atoms with van der Waals surface area (Å²) in [5, 5.41) is 22.0. The van der Waals surface area contributed by atoms with E-state index >= 15 is 0 Å². The van der Waals surface area contributed by atoms with Crippen LogP contribution in [0.3, 0.4) is 0 Å². The molecule has 0 atom stereocenters. The molecule has 192 valence electrons. The largest absolute Gasteiger partial charge is 0.419 e. The summed E-state index contributed by atoms with van der Waals surface area (Å²) in [4.78, 5) is 37.7. The maximum atomic E-state index is 13.8. The first-order valence-corrected chi connectivity index (χ1v) is 10.8. The molecule has 0 saturated carbocycles. The molecule has 0 fully saturated rings. The Kier molecular flexibility index (Phi) is 7.27. The lowest BCUT2D eigenvalue weighted by atomic mass is 10.1. The number of aromatic nitrogens is 4. The van der Waals surface area contributed by atoms with E-state index in [0.29, 0.717) is 23.2 Å². The molecule has 0 spiro atoms. The third kappa shape index (κ3) is 5.47. The molecule has 0 bridgehead atoms. The quantitative estimate of drug-likeness (QED) is 0.242. The number of carbonyl (C=O) groups excluding carboxylic acids is 2. The van der Waals surface area contributed by atoms with Gasteiger partial charge in [0.1, 0.15) is 17.8 Å². The van der Waals surface area contributed by atoms with Crippen molar-refractivity contribution in [3.8, 4) is 0 Å². The van der Waals surface area contributed by atoms with Crippen LogP contribution in [0.25, 0.3) is 11.0 Å². The number of aliphatic hydroxyl groups is 2. The van der Waals surface area contributed by atoms with Crippen LogP contribution in [-0.4, -0.2) is 54.6 Å². The zero-order valence-corrected chi connectivity index (χ0v) is 18.9. The van der Waals surface area contributed by atoms with Crippen molar-refractivity contribution in [3.05, 3.63) is 83.5 Å². The number of carbonyl (C=O) groups is 2. The zero-order chi connectivity index (χ0) is 26.7. The van der Waals surface area contributed by atoms with Crippen molar-refractivity contribution in [2.75, 3.05) is 18.5 Å². The topological polar surface area (TPSA) is 130 Å². The van der Waals surface area contributed by atoms with Gasteiger partial charge in [-0.05, 0) is 23.8 Å². The molecule has 37 heavy (non-hydrogen) atoms. The molecule has 3 heterocycles. The van der Waals surface area contributed by atoms with Crippen LogP contribution < -0.4 is 5.32 Å². The summed E-state index contributed by atoms with van der Waals surface area (Å²) in [5.74, 6) is -2.65. The van der Waals surface area contributed by atoms with Gasteiger partial charge in [-0.1, -0.05) is 6.07 Å². The number of rotatable bonds is 8. The number of nitrogens with one attached hydrogen (secondary N) is 1. The fourth-order valence-corrected chi connectivity index (χ4v) is 3.76. The molecule has 4 rings (SSSR count). The van der Waals surface area contributed by atoms with Gasteiger partial charge in [-0.15, -0.1) is 0 Å². The molecule has 0 aliphatic heterocycles. The number of nitrogens with zero attached hydrogens (tertiary/aromatic N) is 4. The van der Waals surface area contributed by atoms with Crippen molar-refractivity contribution in [1.29, 1.82) is 0 Å². The summed E-state index contributed by atoms with van der Waals surface area (Å²) in [6, 6.07) is 2.83. The fourth-order valence-electron chi connectivity index (χ4n) is 3.76. The molecule has 9 nitrogen and oxygen atoms in total. The van der Waals surface area contributed by atoms with Gasteiger partial charge in [0.2, 0.25) is 5.91 Å². The summed E-state index contributed by atoms with van der Waals surface area (Å²) in [7, 11) is 0. The molecule has 0 aliphatic rings.